The SMILES string of the molecule is O=C(ON=C(c1ccc(F)cc1)c1cccnc1)c1ccc(Cl)cc1. The van der Waals surface area contributed by atoms with Gasteiger partial charge in [-0.25, -0.2) is 9.18 Å². The predicted octanol–water partition coefficient (Wildman–Crippen LogP) is 4.48. The summed E-state index contributed by atoms with van der Waals surface area (Å²) >= 11 is 5.80. The van der Waals surface area contributed by atoms with E-state index in [1.807, 2.05) is 0 Å². The van der Waals surface area contributed by atoms with Crippen molar-refractivity contribution >= 4 is 23.3 Å². The van der Waals surface area contributed by atoms with Crippen LogP contribution in [0, 0.1) is 5.82 Å². The zero-order valence-corrected chi connectivity index (χ0v) is 13.7. The third-order valence-corrected chi connectivity index (χ3v) is 3.60. The summed E-state index contributed by atoms with van der Waals surface area (Å²) in [6.45, 7) is 0. The van der Waals surface area contributed by atoms with Crippen LogP contribution in [0.2, 0.25) is 5.02 Å². The highest BCUT2D eigenvalue weighted by molar-refractivity contribution is 6.30. The van der Waals surface area contributed by atoms with Crippen molar-refractivity contribution in [2.45, 2.75) is 0 Å². The molecule has 0 amide bonds. The Kier molecular flexibility index (Phi) is 5.16. The second-order valence-electron chi connectivity index (χ2n) is 5.07. The van der Waals surface area contributed by atoms with Crippen LogP contribution in [0.15, 0.2) is 78.2 Å². The summed E-state index contributed by atoms with van der Waals surface area (Å²) < 4.78 is 13.2. The van der Waals surface area contributed by atoms with E-state index in [0.717, 1.165) is 0 Å². The zero-order valence-electron chi connectivity index (χ0n) is 12.9. The highest BCUT2D eigenvalue weighted by Gasteiger charge is 2.12. The Hall–Kier alpha value is -3.05. The number of hydrogen-bond donors (Lipinski definition) is 0. The van der Waals surface area contributed by atoms with E-state index in [4.69, 9.17) is 16.4 Å². The van der Waals surface area contributed by atoms with Crippen LogP contribution in [0.5, 0.6) is 0 Å². The molecule has 1 heterocycles. The molecule has 0 saturated carbocycles. The summed E-state index contributed by atoms with van der Waals surface area (Å²) in [5, 5.41) is 4.48. The fourth-order valence-corrected chi connectivity index (χ4v) is 2.23. The van der Waals surface area contributed by atoms with Crippen molar-refractivity contribution in [1.82, 2.24) is 4.98 Å². The molecule has 0 spiro atoms. The fourth-order valence-electron chi connectivity index (χ4n) is 2.11. The number of pyridine rings is 1. The van der Waals surface area contributed by atoms with Gasteiger partial charge in [0.15, 0.2) is 0 Å². The van der Waals surface area contributed by atoms with Crippen LogP contribution in [0.3, 0.4) is 0 Å². The van der Waals surface area contributed by atoms with Crippen LogP contribution in [-0.4, -0.2) is 16.7 Å². The molecule has 0 bridgehead atoms. The molecule has 0 N–H and O–H groups in total. The standard InChI is InChI=1S/C19H12ClFN2O2/c20-16-7-3-14(4-8-16)19(24)25-23-18(15-2-1-11-22-12-15)13-5-9-17(21)10-6-13/h1-12H. The lowest BCUT2D eigenvalue weighted by molar-refractivity contribution is 0.0517. The maximum atomic E-state index is 13.2. The van der Waals surface area contributed by atoms with Gasteiger partial charge in [0.05, 0.1) is 5.56 Å². The van der Waals surface area contributed by atoms with E-state index >= 15 is 0 Å². The van der Waals surface area contributed by atoms with Crippen LogP contribution in [0.4, 0.5) is 4.39 Å². The van der Waals surface area contributed by atoms with E-state index in [2.05, 4.69) is 10.1 Å². The van der Waals surface area contributed by atoms with Gasteiger partial charge in [-0.15, -0.1) is 0 Å². The smallest absolute Gasteiger partial charge is 0.312 e. The third-order valence-electron chi connectivity index (χ3n) is 3.35. The summed E-state index contributed by atoms with van der Waals surface area (Å²) in [6, 6.07) is 15.5. The van der Waals surface area contributed by atoms with E-state index in [-0.39, 0.29) is 5.82 Å². The van der Waals surface area contributed by atoms with Gasteiger partial charge < -0.3 is 4.84 Å². The van der Waals surface area contributed by atoms with Crippen molar-refractivity contribution in [2.75, 3.05) is 0 Å². The number of halogens is 2. The molecule has 4 nitrogen and oxygen atoms in total. The van der Waals surface area contributed by atoms with Crippen molar-refractivity contribution in [2.24, 2.45) is 5.16 Å². The van der Waals surface area contributed by atoms with Crippen LogP contribution < -0.4 is 0 Å². The van der Waals surface area contributed by atoms with Gasteiger partial charge in [-0.1, -0.05) is 16.8 Å². The molecule has 0 fully saturated rings. The largest absolute Gasteiger partial charge is 0.365 e. The minimum Gasteiger partial charge on any atom is -0.312 e. The quantitative estimate of drug-likeness (QED) is 0.394. The van der Waals surface area contributed by atoms with E-state index in [1.54, 1.807) is 60.9 Å². The molecule has 0 aliphatic rings. The van der Waals surface area contributed by atoms with Crippen molar-refractivity contribution in [3.05, 3.63) is 101 Å². The van der Waals surface area contributed by atoms with Gasteiger partial charge in [0.25, 0.3) is 0 Å². The van der Waals surface area contributed by atoms with Gasteiger partial charge in [-0.3, -0.25) is 4.98 Å². The predicted molar refractivity (Wildman–Crippen MR) is 93.1 cm³/mol. The summed E-state index contributed by atoms with van der Waals surface area (Å²) in [7, 11) is 0. The summed E-state index contributed by atoms with van der Waals surface area (Å²) in [5.74, 6) is -0.993. The average molecular weight is 355 g/mol. The van der Waals surface area contributed by atoms with E-state index < -0.39 is 5.97 Å². The minimum atomic E-state index is -0.625. The molecule has 0 atom stereocenters. The maximum absolute atomic E-state index is 13.2. The molecule has 2 aromatic carbocycles. The number of rotatable bonds is 4. The normalized spacial score (nSPS) is 11.2. The fraction of sp³-hybridized carbons (Fsp3) is 0. The van der Waals surface area contributed by atoms with Crippen LogP contribution in [0.25, 0.3) is 0 Å². The first-order valence-electron chi connectivity index (χ1n) is 7.35. The second kappa shape index (κ2) is 7.68. The molecule has 0 aliphatic heterocycles. The van der Waals surface area contributed by atoms with Gasteiger partial charge in [0, 0.05) is 28.5 Å². The van der Waals surface area contributed by atoms with Crippen LogP contribution in [-0.2, 0) is 4.84 Å². The second-order valence-corrected chi connectivity index (χ2v) is 5.51. The number of aromatic nitrogens is 1. The van der Waals surface area contributed by atoms with Gasteiger partial charge in [0.2, 0.25) is 0 Å². The average Bonchev–Trinajstić information content (AvgIpc) is 2.64. The third kappa shape index (κ3) is 4.28. The summed E-state index contributed by atoms with van der Waals surface area (Å²) in [5.41, 5.74) is 1.92. The Morgan fingerprint density at radius 3 is 2.28 bits per heavy atom. The molecule has 6 heteroatoms. The molecule has 124 valence electrons. The first kappa shape index (κ1) is 16.8. The first-order chi connectivity index (χ1) is 12.1. The molecule has 3 rings (SSSR count). The Labute approximate surface area is 148 Å². The zero-order chi connectivity index (χ0) is 17.6. The van der Waals surface area contributed by atoms with E-state index in [0.29, 0.717) is 27.4 Å². The Balaban J connectivity index is 1.91. The van der Waals surface area contributed by atoms with Crippen molar-refractivity contribution in [1.29, 1.82) is 0 Å². The molecule has 1 aromatic heterocycles. The Morgan fingerprint density at radius 2 is 1.64 bits per heavy atom. The van der Waals surface area contributed by atoms with Crippen LogP contribution in [0.1, 0.15) is 21.5 Å². The molecular weight excluding hydrogens is 343 g/mol. The van der Waals surface area contributed by atoms with Crippen molar-refractivity contribution in [3.63, 3.8) is 0 Å². The molecule has 25 heavy (non-hydrogen) atoms. The molecule has 0 radical (unpaired) electrons. The maximum Gasteiger partial charge on any atom is 0.365 e. The van der Waals surface area contributed by atoms with Gasteiger partial charge >= 0.3 is 5.97 Å². The Morgan fingerprint density at radius 1 is 0.960 bits per heavy atom. The number of nitrogens with zero attached hydrogens (tertiary/aromatic N) is 2. The van der Waals surface area contributed by atoms with Crippen LogP contribution >= 0.6 is 11.6 Å². The summed E-state index contributed by atoms with van der Waals surface area (Å²) in [6.07, 6.45) is 3.20. The molecule has 0 saturated heterocycles. The van der Waals surface area contributed by atoms with E-state index in [1.165, 1.54) is 12.1 Å². The Bertz CT molecular complexity index is 895. The first-order valence-corrected chi connectivity index (χ1v) is 7.72. The topological polar surface area (TPSA) is 51.5 Å². The van der Waals surface area contributed by atoms with E-state index in [9.17, 15) is 9.18 Å². The summed E-state index contributed by atoms with van der Waals surface area (Å²) in [4.78, 5) is 21.2. The van der Waals surface area contributed by atoms with Gasteiger partial charge in [0.1, 0.15) is 11.5 Å². The van der Waals surface area contributed by atoms with Gasteiger partial charge in [-0.2, -0.15) is 0 Å². The molecular formula is C19H12ClFN2O2. The van der Waals surface area contributed by atoms with Crippen molar-refractivity contribution < 1.29 is 14.0 Å². The lowest BCUT2D eigenvalue weighted by Gasteiger charge is -2.06. The lowest BCUT2D eigenvalue weighted by atomic mass is 10.0. The highest BCUT2D eigenvalue weighted by Crippen LogP contribution is 2.14. The van der Waals surface area contributed by atoms with Gasteiger partial charge in [-0.05, 0) is 60.7 Å². The highest BCUT2D eigenvalue weighted by atomic mass is 35.5. The monoisotopic (exact) mass is 354 g/mol. The number of carbonyl (C=O) groups excluding carboxylic acids is 1. The minimum absolute atomic E-state index is 0.317. The lowest BCUT2D eigenvalue weighted by Crippen LogP contribution is -2.08. The molecule has 3 aromatic rings. The number of oxime groups is 1. The molecule has 0 unspecified atom stereocenters. The van der Waals surface area contributed by atoms with Crippen molar-refractivity contribution in [3.8, 4) is 0 Å². The number of carbonyl (C=O) groups is 1. The molecule has 0 aliphatic carbocycles. The number of benzene rings is 2. The number of hydrogen-bond acceptors (Lipinski definition) is 4.